The highest BCUT2D eigenvalue weighted by molar-refractivity contribution is 5.79. The summed E-state index contributed by atoms with van der Waals surface area (Å²) in [5.74, 6) is 1.96. The largest absolute Gasteiger partial charge is 0.381 e. The standard InChI is InChI=1S/C20H33N5O2/c1-21-20(23-11-4-14-27-18-8-15-26-16-9-18)24-17-6-12-25(13-7-17)19-5-2-3-10-22-19/h2-3,5,10,17-18H,4,6-9,11-16H2,1H3,(H2,21,23,24). The maximum atomic E-state index is 5.91. The molecule has 0 radical (unpaired) electrons. The van der Waals surface area contributed by atoms with Crippen LogP contribution in [0, 0.1) is 0 Å². The Labute approximate surface area is 162 Å². The van der Waals surface area contributed by atoms with Gasteiger partial charge in [-0.2, -0.15) is 0 Å². The molecule has 0 atom stereocenters. The van der Waals surface area contributed by atoms with Crippen molar-refractivity contribution in [3.05, 3.63) is 24.4 Å². The van der Waals surface area contributed by atoms with Crippen LogP contribution in [0.2, 0.25) is 0 Å². The summed E-state index contributed by atoms with van der Waals surface area (Å²) in [6.07, 6.45) is 7.43. The van der Waals surface area contributed by atoms with E-state index in [4.69, 9.17) is 9.47 Å². The SMILES string of the molecule is CN=C(NCCCOC1CCOCC1)NC1CCN(c2ccccn2)CC1. The average Bonchev–Trinajstić information content (AvgIpc) is 2.74. The highest BCUT2D eigenvalue weighted by atomic mass is 16.5. The van der Waals surface area contributed by atoms with Gasteiger partial charge in [0, 0.05) is 58.7 Å². The summed E-state index contributed by atoms with van der Waals surface area (Å²) >= 11 is 0. The molecule has 2 aliphatic rings. The van der Waals surface area contributed by atoms with E-state index < -0.39 is 0 Å². The summed E-state index contributed by atoms with van der Waals surface area (Å²) in [6, 6.07) is 6.54. The van der Waals surface area contributed by atoms with Gasteiger partial charge in [-0.3, -0.25) is 4.99 Å². The molecule has 7 nitrogen and oxygen atoms in total. The zero-order chi connectivity index (χ0) is 18.7. The number of hydrogen-bond acceptors (Lipinski definition) is 5. The molecule has 3 heterocycles. The molecule has 2 N–H and O–H groups in total. The monoisotopic (exact) mass is 375 g/mol. The van der Waals surface area contributed by atoms with Crippen LogP contribution in [-0.4, -0.2) is 69.6 Å². The minimum atomic E-state index is 0.375. The van der Waals surface area contributed by atoms with E-state index >= 15 is 0 Å². The van der Waals surface area contributed by atoms with Crippen molar-refractivity contribution in [3.63, 3.8) is 0 Å². The number of pyridine rings is 1. The van der Waals surface area contributed by atoms with Gasteiger partial charge < -0.3 is 25.0 Å². The third kappa shape index (κ3) is 6.66. The lowest BCUT2D eigenvalue weighted by Crippen LogP contribution is -2.49. The Morgan fingerprint density at radius 3 is 2.78 bits per heavy atom. The van der Waals surface area contributed by atoms with Gasteiger partial charge >= 0.3 is 0 Å². The normalized spacial score (nSPS) is 19.9. The van der Waals surface area contributed by atoms with Crippen molar-refractivity contribution < 1.29 is 9.47 Å². The number of nitrogens with one attached hydrogen (secondary N) is 2. The average molecular weight is 376 g/mol. The van der Waals surface area contributed by atoms with E-state index in [2.05, 4.69) is 31.6 Å². The van der Waals surface area contributed by atoms with Crippen LogP contribution in [0.5, 0.6) is 0 Å². The van der Waals surface area contributed by atoms with Crippen LogP contribution in [0.15, 0.2) is 29.4 Å². The number of anilines is 1. The van der Waals surface area contributed by atoms with Crippen LogP contribution in [0.4, 0.5) is 5.82 Å². The molecule has 2 fully saturated rings. The summed E-state index contributed by atoms with van der Waals surface area (Å²) in [5.41, 5.74) is 0. The first-order chi connectivity index (χ1) is 13.3. The van der Waals surface area contributed by atoms with Crippen molar-refractivity contribution in [3.8, 4) is 0 Å². The molecule has 0 aliphatic carbocycles. The van der Waals surface area contributed by atoms with Crippen molar-refractivity contribution in [2.75, 3.05) is 51.4 Å². The number of guanidine groups is 1. The molecular weight excluding hydrogens is 342 g/mol. The van der Waals surface area contributed by atoms with Gasteiger partial charge in [-0.1, -0.05) is 6.07 Å². The Balaban J connectivity index is 1.29. The molecule has 1 aromatic heterocycles. The Morgan fingerprint density at radius 2 is 2.07 bits per heavy atom. The molecule has 1 aromatic rings. The van der Waals surface area contributed by atoms with Crippen molar-refractivity contribution >= 4 is 11.8 Å². The number of rotatable bonds is 7. The quantitative estimate of drug-likeness (QED) is 0.430. The predicted molar refractivity (Wildman–Crippen MR) is 108 cm³/mol. The molecule has 0 bridgehead atoms. The van der Waals surface area contributed by atoms with E-state index in [0.29, 0.717) is 12.1 Å². The lowest BCUT2D eigenvalue weighted by Gasteiger charge is -2.33. The topological polar surface area (TPSA) is 71.0 Å². The highest BCUT2D eigenvalue weighted by Crippen LogP contribution is 2.17. The van der Waals surface area contributed by atoms with E-state index in [1.807, 2.05) is 25.4 Å². The summed E-state index contributed by atoms with van der Waals surface area (Å²) in [6.45, 7) is 5.36. The molecule has 150 valence electrons. The second kappa shape index (κ2) is 11.1. The fourth-order valence-electron chi connectivity index (χ4n) is 3.55. The van der Waals surface area contributed by atoms with Crippen LogP contribution in [0.3, 0.4) is 0 Å². The minimum Gasteiger partial charge on any atom is -0.381 e. The third-order valence-electron chi connectivity index (χ3n) is 5.17. The third-order valence-corrected chi connectivity index (χ3v) is 5.17. The van der Waals surface area contributed by atoms with Crippen LogP contribution < -0.4 is 15.5 Å². The van der Waals surface area contributed by atoms with Gasteiger partial charge in [0.25, 0.3) is 0 Å². The molecule has 0 saturated carbocycles. The molecular formula is C20H33N5O2. The van der Waals surface area contributed by atoms with Crippen molar-refractivity contribution in [1.82, 2.24) is 15.6 Å². The van der Waals surface area contributed by atoms with E-state index in [9.17, 15) is 0 Å². The maximum Gasteiger partial charge on any atom is 0.191 e. The first-order valence-electron chi connectivity index (χ1n) is 10.2. The number of nitrogens with zero attached hydrogens (tertiary/aromatic N) is 3. The molecule has 2 saturated heterocycles. The molecule has 0 aromatic carbocycles. The number of ether oxygens (including phenoxy) is 2. The summed E-state index contributed by atoms with van der Waals surface area (Å²) in [4.78, 5) is 11.2. The predicted octanol–water partition coefficient (Wildman–Crippen LogP) is 1.80. The summed E-state index contributed by atoms with van der Waals surface area (Å²) < 4.78 is 11.3. The number of aliphatic imine (C=N–C) groups is 1. The summed E-state index contributed by atoms with van der Waals surface area (Å²) in [5, 5.41) is 6.96. The Morgan fingerprint density at radius 1 is 1.26 bits per heavy atom. The zero-order valence-corrected chi connectivity index (χ0v) is 16.4. The lowest BCUT2D eigenvalue weighted by molar-refractivity contribution is -0.0320. The first kappa shape index (κ1) is 19.9. The molecule has 2 aliphatic heterocycles. The molecule has 7 heteroatoms. The molecule has 0 amide bonds. The van der Waals surface area contributed by atoms with E-state index in [1.54, 1.807) is 0 Å². The fraction of sp³-hybridized carbons (Fsp3) is 0.700. The Hall–Kier alpha value is -1.86. The van der Waals surface area contributed by atoms with Crippen molar-refractivity contribution in [2.45, 2.75) is 44.2 Å². The van der Waals surface area contributed by atoms with Gasteiger partial charge in [-0.25, -0.2) is 4.98 Å². The van der Waals surface area contributed by atoms with Crippen molar-refractivity contribution in [2.24, 2.45) is 4.99 Å². The van der Waals surface area contributed by atoms with E-state index in [-0.39, 0.29) is 0 Å². The van der Waals surface area contributed by atoms with Crippen molar-refractivity contribution in [1.29, 1.82) is 0 Å². The van der Waals surface area contributed by atoms with E-state index in [1.165, 1.54) is 0 Å². The van der Waals surface area contributed by atoms with Gasteiger partial charge in [0.05, 0.1) is 6.10 Å². The zero-order valence-electron chi connectivity index (χ0n) is 16.4. The first-order valence-corrected chi connectivity index (χ1v) is 10.2. The Bertz CT molecular complexity index is 555. The second-order valence-corrected chi connectivity index (χ2v) is 7.13. The van der Waals surface area contributed by atoms with Gasteiger partial charge in [0.1, 0.15) is 5.82 Å². The molecule has 0 unspecified atom stereocenters. The smallest absolute Gasteiger partial charge is 0.191 e. The van der Waals surface area contributed by atoms with Gasteiger partial charge in [-0.05, 0) is 44.2 Å². The second-order valence-electron chi connectivity index (χ2n) is 7.13. The molecule has 0 spiro atoms. The lowest BCUT2D eigenvalue weighted by atomic mass is 10.1. The Kier molecular flexibility index (Phi) is 8.17. The van der Waals surface area contributed by atoms with Gasteiger partial charge in [0.2, 0.25) is 0 Å². The van der Waals surface area contributed by atoms with Gasteiger partial charge in [-0.15, -0.1) is 0 Å². The summed E-state index contributed by atoms with van der Waals surface area (Å²) in [7, 11) is 1.83. The van der Waals surface area contributed by atoms with Crippen LogP contribution in [0.1, 0.15) is 32.1 Å². The van der Waals surface area contributed by atoms with Crippen LogP contribution >= 0.6 is 0 Å². The van der Waals surface area contributed by atoms with Gasteiger partial charge in [0.15, 0.2) is 5.96 Å². The fourth-order valence-corrected chi connectivity index (χ4v) is 3.55. The number of piperidine rings is 1. The molecule has 3 rings (SSSR count). The van der Waals surface area contributed by atoms with Crippen LogP contribution in [-0.2, 0) is 9.47 Å². The van der Waals surface area contributed by atoms with E-state index in [0.717, 1.165) is 83.3 Å². The minimum absolute atomic E-state index is 0.375. The number of aromatic nitrogens is 1. The maximum absolute atomic E-state index is 5.91. The van der Waals surface area contributed by atoms with Crippen LogP contribution in [0.25, 0.3) is 0 Å². The number of hydrogen-bond donors (Lipinski definition) is 2. The molecule has 27 heavy (non-hydrogen) atoms. The highest BCUT2D eigenvalue weighted by Gasteiger charge is 2.20.